The second-order valence-corrected chi connectivity index (χ2v) is 10.2. The molecule has 1 atom stereocenters. The zero-order valence-corrected chi connectivity index (χ0v) is 18.2. The lowest BCUT2D eigenvalue weighted by atomic mass is 9.87. The smallest absolute Gasteiger partial charge is 0.243 e. The van der Waals surface area contributed by atoms with Crippen molar-refractivity contribution < 1.29 is 12.9 Å². The van der Waals surface area contributed by atoms with E-state index >= 15 is 0 Å². The summed E-state index contributed by atoms with van der Waals surface area (Å²) in [7, 11) is -3.48. The topological polar surface area (TPSA) is 79.5 Å². The molecule has 1 aliphatic rings. The van der Waals surface area contributed by atoms with Crippen molar-refractivity contribution in [3.05, 3.63) is 41.5 Å². The standard InChI is InChI=1S/C20H30N4O3S/c1-6-18-21-19(27-22-18)15(2)23-11-13-24(14-12-23)28(25,26)17-9-7-16(8-10-17)20(3,4)5/h7-10,15H,6,11-14H2,1-5H3. The summed E-state index contributed by atoms with van der Waals surface area (Å²) < 4.78 is 32.9. The third-order valence-corrected chi connectivity index (χ3v) is 7.25. The third kappa shape index (κ3) is 4.29. The number of sulfonamides is 1. The zero-order valence-electron chi connectivity index (χ0n) is 17.3. The van der Waals surface area contributed by atoms with Gasteiger partial charge in [-0.2, -0.15) is 9.29 Å². The lowest BCUT2D eigenvalue weighted by Gasteiger charge is -2.36. The van der Waals surface area contributed by atoms with Crippen molar-refractivity contribution in [2.45, 2.75) is 57.4 Å². The van der Waals surface area contributed by atoms with Gasteiger partial charge >= 0.3 is 0 Å². The van der Waals surface area contributed by atoms with Crippen LogP contribution < -0.4 is 0 Å². The predicted octanol–water partition coefficient (Wildman–Crippen LogP) is 3.00. The molecule has 3 rings (SSSR count). The molecule has 2 heterocycles. The van der Waals surface area contributed by atoms with Gasteiger partial charge in [0.25, 0.3) is 0 Å². The van der Waals surface area contributed by atoms with Gasteiger partial charge in [-0.15, -0.1) is 0 Å². The quantitative estimate of drug-likeness (QED) is 0.759. The summed E-state index contributed by atoms with van der Waals surface area (Å²) in [5, 5.41) is 3.95. The van der Waals surface area contributed by atoms with E-state index < -0.39 is 10.0 Å². The van der Waals surface area contributed by atoms with Gasteiger partial charge in [0.2, 0.25) is 15.9 Å². The van der Waals surface area contributed by atoms with Crippen LogP contribution in [0.25, 0.3) is 0 Å². The molecule has 1 aromatic carbocycles. The molecule has 1 aromatic heterocycles. The largest absolute Gasteiger partial charge is 0.338 e. The summed E-state index contributed by atoms with van der Waals surface area (Å²) in [6.07, 6.45) is 0.732. The van der Waals surface area contributed by atoms with Gasteiger partial charge in [-0.25, -0.2) is 8.42 Å². The van der Waals surface area contributed by atoms with Gasteiger partial charge in [-0.05, 0) is 30.0 Å². The molecule has 0 N–H and O–H groups in total. The van der Waals surface area contributed by atoms with Crippen LogP contribution >= 0.6 is 0 Å². The first-order chi connectivity index (χ1) is 13.1. The third-order valence-electron chi connectivity index (χ3n) is 5.34. The van der Waals surface area contributed by atoms with Crippen molar-refractivity contribution in [2.24, 2.45) is 0 Å². The maximum absolute atomic E-state index is 13.0. The minimum Gasteiger partial charge on any atom is -0.338 e. The fraction of sp³-hybridized carbons (Fsp3) is 0.600. The van der Waals surface area contributed by atoms with E-state index in [2.05, 4.69) is 35.8 Å². The van der Waals surface area contributed by atoms with Gasteiger partial charge in [0.15, 0.2) is 5.82 Å². The Balaban J connectivity index is 1.66. The lowest BCUT2D eigenvalue weighted by molar-refractivity contribution is 0.124. The number of benzene rings is 1. The van der Waals surface area contributed by atoms with Crippen LogP contribution in [0, 0.1) is 0 Å². The van der Waals surface area contributed by atoms with Crippen molar-refractivity contribution in [1.29, 1.82) is 0 Å². The fourth-order valence-electron chi connectivity index (χ4n) is 3.34. The fourth-order valence-corrected chi connectivity index (χ4v) is 4.77. The SMILES string of the molecule is CCc1noc(C(C)N2CCN(S(=O)(=O)c3ccc(C(C)(C)C)cc3)CC2)n1. The molecule has 1 unspecified atom stereocenters. The van der Waals surface area contributed by atoms with Gasteiger partial charge < -0.3 is 4.52 Å². The molecule has 0 saturated carbocycles. The molecule has 7 nitrogen and oxygen atoms in total. The Morgan fingerprint density at radius 1 is 1.11 bits per heavy atom. The molecule has 0 aliphatic carbocycles. The van der Waals surface area contributed by atoms with E-state index in [9.17, 15) is 8.42 Å². The van der Waals surface area contributed by atoms with Crippen LogP contribution in [0.4, 0.5) is 0 Å². The number of aryl methyl sites for hydroxylation is 1. The number of rotatable bonds is 5. The van der Waals surface area contributed by atoms with E-state index in [1.165, 1.54) is 0 Å². The number of hydrogen-bond donors (Lipinski definition) is 0. The molecular formula is C20H30N4O3S. The van der Waals surface area contributed by atoms with Crippen LogP contribution in [-0.2, 0) is 21.9 Å². The minimum atomic E-state index is -3.48. The predicted molar refractivity (Wildman–Crippen MR) is 108 cm³/mol. The molecule has 1 saturated heterocycles. The van der Waals surface area contributed by atoms with Crippen LogP contribution in [0.2, 0.25) is 0 Å². The van der Waals surface area contributed by atoms with E-state index in [1.807, 2.05) is 26.0 Å². The molecule has 0 radical (unpaired) electrons. The Labute approximate surface area is 167 Å². The van der Waals surface area contributed by atoms with Crippen molar-refractivity contribution in [2.75, 3.05) is 26.2 Å². The highest BCUT2D eigenvalue weighted by atomic mass is 32.2. The first-order valence-corrected chi connectivity index (χ1v) is 11.2. The van der Waals surface area contributed by atoms with Gasteiger partial charge in [0.1, 0.15) is 0 Å². The second kappa shape index (κ2) is 7.93. The van der Waals surface area contributed by atoms with Gasteiger partial charge in [0.05, 0.1) is 10.9 Å². The summed E-state index contributed by atoms with van der Waals surface area (Å²) >= 11 is 0. The summed E-state index contributed by atoms with van der Waals surface area (Å²) in [6.45, 7) is 12.5. The van der Waals surface area contributed by atoms with Crippen molar-refractivity contribution in [3.8, 4) is 0 Å². The molecule has 154 valence electrons. The lowest BCUT2D eigenvalue weighted by Crippen LogP contribution is -2.49. The van der Waals surface area contributed by atoms with Gasteiger partial charge in [-0.1, -0.05) is 45.0 Å². The maximum atomic E-state index is 13.0. The van der Waals surface area contributed by atoms with Crippen LogP contribution in [0.1, 0.15) is 57.9 Å². The maximum Gasteiger partial charge on any atom is 0.243 e. The Hall–Kier alpha value is -1.77. The highest BCUT2D eigenvalue weighted by Crippen LogP contribution is 2.26. The number of piperazine rings is 1. The normalized spacial score (nSPS) is 18.3. The highest BCUT2D eigenvalue weighted by molar-refractivity contribution is 7.89. The molecule has 8 heteroatoms. The van der Waals surface area contributed by atoms with E-state index in [1.54, 1.807) is 16.4 Å². The molecule has 0 bridgehead atoms. The first-order valence-electron chi connectivity index (χ1n) is 9.80. The Bertz CT molecular complexity index is 892. The summed E-state index contributed by atoms with van der Waals surface area (Å²) in [6, 6.07) is 7.23. The molecule has 1 fully saturated rings. The summed E-state index contributed by atoms with van der Waals surface area (Å²) in [5.74, 6) is 1.28. The van der Waals surface area contributed by atoms with Gasteiger partial charge in [0, 0.05) is 32.6 Å². The number of nitrogens with zero attached hydrogens (tertiary/aromatic N) is 4. The average Bonchev–Trinajstić information content (AvgIpc) is 3.16. The van der Waals surface area contributed by atoms with Crippen molar-refractivity contribution in [1.82, 2.24) is 19.3 Å². The summed E-state index contributed by atoms with van der Waals surface area (Å²) in [4.78, 5) is 6.93. The Morgan fingerprint density at radius 3 is 2.21 bits per heavy atom. The zero-order chi connectivity index (χ0) is 20.5. The second-order valence-electron chi connectivity index (χ2n) is 8.29. The van der Waals surface area contributed by atoms with Crippen LogP contribution in [0.5, 0.6) is 0 Å². The molecular weight excluding hydrogens is 376 g/mol. The number of hydrogen-bond acceptors (Lipinski definition) is 6. The first kappa shape index (κ1) is 21.0. The van der Waals surface area contributed by atoms with E-state index in [4.69, 9.17) is 4.52 Å². The molecule has 28 heavy (non-hydrogen) atoms. The Kier molecular flexibility index (Phi) is 5.93. The molecule has 0 amide bonds. The highest BCUT2D eigenvalue weighted by Gasteiger charge is 2.32. The average molecular weight is 407 g/mol. The number of aromatic nitrogens is 2. The van der Waals surface area contributed by atoms with Crippen LogP contribution in [-0.4, -0.2) is 53.9 Å². The van der Waals surface area contributed by atoms with Crippen LogP contribution in [0.3, 0.4) is 0 Å². The molecule has 1 aliphatic heterocycles. The summed E-state index contributed by atoms with van der Waals surface area (Å²) in [5.41, 5.74) is 1.12. The monoisotopic (exact) mass is 406 g/mol. The van der Waals surface area contributed by atoms with Crippen molar-refractivity contribution >= 4 is 10.0 Å². The van der Waals surface area contributed by atoms with E-state index in [0.29, 0.717) is 42.8 Å². The molecule has 0 spiro atoms. The molecule has 2 aromatic rings. The van der Waals surface area contributed by atoms with Gasteiger partial charge in [-0.3, -0.25) is 4.90 Å². The van der Waals surface area contributed by atoms with Crippen molar-refractivity contribution in [3.63, 3.8) is 0 Å². The minimum absolute atomic E-state index is 0.00353. The van der Waals surface area contributed by atoms with E-state index in [0.717, 1.165) is 12.0 Å². The van der Waals surface area contributed by atoms with Crippen LogP contribution in [0.15, 0.2) is 33.7 Å². The Morgan fingerprint density at radius 2 is 1.71 bits per heavy atom. The van der Waals surface area contributed by atoms with E-state index in [-0.39, 0.29) is 11.5 Å².